The monoisotopic (exact) mass is 325 g/mol. The standard InChI is InChI=1S/C19H23N3O2/c1-15(2)24-19(23)17-9-6-10-20-18(17)22-13-11-21(12-14-22)16-7-4-3-5-8-16/h3-10,15H,11-14H2,1-2H3. The molecule has 1 aliphatic rings. The molecule has 3 rings (SSSR count). The molecule has 1 aromatic carbocycles. The van der Waals surface area contributed by atoms with E-state index in [4.69, 9.17) is 4.74 Å². The Kier molecular flexibility index (Phi) is 4.99. The zero-order valence-corrected chi connectivity index (χ0v) is 14.2. The van der Waals surface area contributed by atoms with Gasteiger partial charge in [-0.3, -0.25) is 0 Å². The van der Waals surface area contributed by atoms with Gasteiger partial charge in [0, 0.05) is 38.1 Å². The summed E-state index contributed by atoms with van der Waals surface area (Å²) >= 11 is 0. The maximum absolute atomic E-state index is 12.3. The summed E-state index contributed by atoms with van der Waals surface area (Å²) in [7, 11) is 0. The molecule has 0 atom stereocenters. The van der Waals surface area contributed by atoms with E-state index in [0.717, 1.165) is 32.0 Å². The molecular formula is C19H23N3O2. The van der Waals surface area contributed by atoms with Gasteiger partial charge in [-0.2, -0.15) is 0 Å². The smallest absolute Gasteiger partial charge is 0.342 e. The molecule has 0 radical (unpaired) electrons. The van der Waals surface area contributed by atoms with Crippen molar-refractivity contribution in [3.05, 3.63) is 54.2 Å². The molecule has 24 heavy (non-hydrogen) atoms. The number of anilines is 2. The van der Waals surface area contributed by atoms with Crippen LogP contribution in [0.25, 0.3) is 0 Å². The fourth-order valence-electron chi connectivity index (χ4n) is 2.90. The number of piperazine rings is 1. The Bertz CT molecular complexity index is 680. The third-order valence-electron chi connectivity index (χ3n) is 4.05. The van der Waals surface area contributed by atoms with E-state index in [2.05, 4.69) is 39.0 Å². The quantitative estimate of drug-likeness (QED) is 0.809. The fraction of sp³-hybridized carbons (Fsp3) is 0.368. The van der Waals surface area contributed by atoms with Crippen LogP contribution in [-0.4, -0.2) is 43.2 Å². The molecule has 1 saturated heterocycles. The normalized spacial score (nSPS) is 14.8. The van der Waals surface area contributed by atoms with Crippen LogP contribution >= 0.6 is 0 Å². The molecule has 0 spiro atoms. The summed E-state index contributed by atoms with van der Waals surface area (Å²) < 4.78 is 5.34. The molecular weight excluding hydrogens is 302 g/mol. The number of pyridine rings is 1. The summed E-state index contributed by atoms with van der Waals surface area (Å²) in [5.41, 5.74) is 1.77. The lowest BCUT2D eigenvalue weighted by molar-refractivity contribution is 0.0378. The summed E-state index contributed by atoms with van der Waals surface area (Å²) in [6.45, 7) is 7.17. The van der Waals surface area contributed by atoms with Crippen LogP contribution in [0.3, 0.4) is 0 Å². The molecule has 126 valence electrons. The first-order chi connectivity index (χ1) is 11.6. The highest BCUT2D eigenvalue weighted by Gasteiger charge is 2.23. The van der Waals surface area contributed by atoms with Gasteiger partial charge in [0.25, 0.3) is 0 Å². The SMILES string of the molecule is CC(C)OC(=O)c1cccnc1N1CCN(c2ccccc2)CC1. The van der Waals surface area contributed by atoms with Crippen LogP contribution in [0, 0.1) is 0 Å². The molecule has 1 aliphatic heterocycles. The Hall–Kier alpha value is -2.56. The first kappa shape index (κ1) is 16.3. The van der Waals surface area contributed by atoms with Crippen LogP contribution in [0.4, 0.5) is 11.5 Å². The average Bonchev–Trinajstić information content (AvgIpc) is 2.62. The van der Waals surface area contributed by atoms with E-state index in [1.165, 1.54) is 5.69 Å². The summed E-state index contributed by atoms with van der Waals surface area (Å²) in [4.78, 5) is 21.3. The molecule has 5 nitrogen and oxygen atoms in total. The van der Waals surface area contributed by atoms with Crippen molar-refractivity contribution in [2.45, 2.75) is 20.0 Å². The average molecular weight is 325 g/mol. The van der Waals surface area contributed by atoms with Crippen molar-refractivity contribution >= 4 is 17.5 Å². The predicted molar refractivity (Wildman–Crippen MR) is 95.7 cm³/mol. The van der Waals surface area contributed by atoms with Gasteiger partial charge in [0.15, 0.2) is 0 Å². The number of nitrogens with zero attached hydrogens (tertiary/aromatic N) is 3. The van der Waals surface area contributed by atoms with Gasteiger partial charge in [-0.1, -0.05) is 18.2 Å². The van der Waals surface area contributed by atoms with Gasteiger partial charge in [0.05, 0.1) is 6.10 Å². The van der Waals surface area contributed by atoms with Crippen LogP contribution in [0.1, 0.15) is 24.2 Å². The van der Waals surface area contributed by atoms with Gasteiger partial charge in [0.1, 0.15) is 11.4 Å². The van der Waals surface area contributed by atoms with Gasteiger partial charge >= 0.3 is 5.97 Å². The number of hydrogen-bond acceptors (Lipinski definition) is 5. The minimum absolute atomic E-state index is 0.138. The molecule has 0 N–H and O–H groups in total. The predicted octanol–water partition coefficient (Wildman–Crippen LogP) is 2.97. The van der Waals surface area contributed by atoms with Crippen molar-refractivity contribution in [1.82, 2.24) is 4.98 Å². The van der Waals surface area contributed by atoms with Crippen molar-refractivity contribution in [2.24, 2.45) is 0 Å². The highest BCUT2D eigenvalue weighted by atomic mass is 16.5. The first-order valence-electron chi connectivity index (χ1n) is 8.36. The number of carbonyl (C=O) groups excluding carboxylic acids is 1. The van der Waals surface area contributed by atoms with E-state index in [0.29, 0.717) is 5.56 Å². The highest BCUT2D eigenvalue weighted by Crippen LogP contribution is 2.22. The number of esters is 1. The molecule has 0 aliphatic carbocycles. The summed E-state index contributed by atoms with van der Waals surface area (Å²) in [6, 6.07) is 14.0. The topological polar surface area (TPSA) is 45.7 Å². The van der Waals surface area contributed by atoms with Crippen molar-refractivity contribution < 1.29 is 9.53 Å². The Labute approximate surface area is 142 Å². The summed E-state index contributed by atoms with van der Waals surface area (Å²) in [5.74, 6) is 0.412. The summed E-state index contributed by atoms with van der Waals surface area (Å²) in [6.07, 6.45) is 1.59. The molecule has 5 heteroatoms. The number of aromatic nitrogens is 1. The molecule has 0 saturated carbocycles. The number of benzene rings is 1. The number of hydrogen-bond donors (Lipinski definition) is 0. The third-order valence-corrected chi connectivity index (χ3v) is 4.05. The van der Waals surface area contributed by atoms with E-state index in [1.54, 1.807) is 18.3 Å². The number of carbonyl (C=O) groups is 1. The van der Waals surface area contributed by atoms with Gasteiger partial charge in [0.2, 0.25) is 0 Å². The molecule has 1 fully saturated rings. The Morgan fingerprint density at radius 1 is 1.00 bits per heavy atom. The van der Waals surface area contributed by atoms with E-state index >= 15 is 0 Å². The van der Waals surface area contributed by atoms with Gasteiger partial charge in [-0.15, -0.1) is 0 Å². The van der Waals surface area contributed by atoms with Crippen molar-refractivity contribution in [3.63, 3.8) is 0 Å². The zero-order chi connectivity index (χ0) is 16.9. The van der Waals surface area contributed by atoms with Crippen molar-refractivity contribution in [3.8, 4) is 0 Å². The van der Waals surface area contributed by atoms with E-state index in [9.17, 15) is 4.79 Å². The maximum atomic E-state index is 12.3. The lowest BCUT2D eigenvalue weighted by Gasteiger charge is -2.37. The first-order valence-corrected chi connectivity index (χ1v) is 8.36. The van der Waals surface area contributed by atoms with E-state index in [-0.39, 0.29) is 12.1 Å². The number of para-hydroxylation sites is 1. The highest BCUT2D eigenvalue weighted by molar-refractivity contribution is 5.94. The third kappa shape index (κ3) is 3.67. The van der Waals surface area contributed by atoms with E-state index < -0.39 is 0 Å². The molecule has 2 heterocycles. The van der Waals surface area contributed by atoms with Crippen LogP contribution in [0.2, 0.25) is 0 Å². The second-order valence-electron chi connectivity index (χ2n) is 6.14. The second kappa shape index (κ2) is 7.34. The molecule has 2 aromatic rings. The van der Waals surface area contributed by atoms with Gasteiger partial charge in [-0.05, 0) is 38.1 Å². The fourth-order valence-corrected chi connectivity index (χ4v) is 2.90. The van der Waals surface area contributed by atoms with E-state index in [1.807, 2.05) is 19.9 Å². The maximum Gasteiger partial charge on any atom is 0.342 e. The Morgan fingerprint density at radius 3 is 2.33 bits per heavy atom. The van der Waals surface area contributed by atoms with Crippen molar-refractivity contribution in [1.29, 1.82) is 0 Å². The van der Waals surface area contributed by atoms with Gasteiger partial charge in [-0.25, -0.2) is 9.78 Å². The molecule has 0 amide bonds. The largest absolute Gasteiger partial charge is 0.459 e. The van der Waals surface area contributed by atoms with Crippen LogP contribution < -0.4 is 9.80 Å². The number of rotatable bonds is 4. The van der Waals surface area contributed by atoms with Crippen LogP contribution in [0.15, 0.2) is 48.7 Å². The molecule has 0 bridgehead atoms. The minimum Gasteiger partial charge on any atom is -0.459 e. The number of ether oxygens (including phenoxy) is 1. The Balaban J connectivity index is 1.72. The van der Waals surface area contributed by atoms with Crippen LogP contribution in [-0.2, 0) is 4.74 Å². The lowest BCUT2D eigenvalue weighted by Crippen LogP contribution is -2.47. The molecule has 1 aromatic heterocycles. The second-order valence-corrected chi connectivity index (χ2v) is 6.14. The zero-order valence-electron chi connectivity index (χ0n) is 14.2. The molecule has 0 unspecified atom stereocenters. The van der Waals surface area contributed by atoms with Gasteiger partial charge < -0.3 is 14.5 Å². The summed E-state index contributed by atoms with van der Waals surface area (Å²) in [5, 5.41) is 0. The minimum atomic E-state index is -0.307. The Morgan fingerprint density at radius 2 is 1.67 bits per heavy atom. The lowest BCUT2D eigenvalue weighted by atomic mass is 10.2. The van der Waals surface area contributed by atoms with Crippen molar-refractivity contribution in [2.75, 3.05) is 36.0 Å². The van der Waals surface area contributed by atoms with Crippen LogP contribution in [0.5, 0.6) is 0 Å².